The molecule has 1 atom stereocenters. The van der Waals surface area contributed by atoms with Crippen LogP contribution in [0.2, 0.25) is 0 Å². The number of para-hydroxylation sites is 1. The highest BCUT2D eigenvalue weighted by atomic mass is 16.6. The highest BCUT2D eigenvalue weighted by Gasteiger charge is 2.22. The van der Waals surface area contributed by atoms with Gasteiger partial charge in [-0.3, -0.25) is 5.32 Å². The number of aliphatic hydroxyl groups excluding tert-OH is 1. The Kier molecular flexibility index (Phi) is 5.80. The van der Waals surface area contributed by atoms with Crippen molar-refractivity contribution in [3.63, 3.8) is 0 Å². The molecule has 33 heavy (non-hydrogen) atoms. The number of nitrogen functional groups attached to an aromatic ring is 1. The van der Waals surface area contributed by atoms with Gasteiger partial charge in [0.1, 0.15) is 23.1 Å². The zero-order chi connectivity index (χ0) is 23.6. The van der Waals surface area contributed by atoms with Crippen molar-refractivity contribution in [3.05, 3.63) is 66.2 Å². The molecule has 0 spiro atoms. The summed E-state index contributed by atoms with van der Waals surface area (Å²) in [5.74, 6) is 0.899. The Balaban J connectivity index is 1.60. The van der Waals surface area contributed by atoms with Crippen molar-refractivity contribution in [2.75, 3.05) is 11.1 Å². The Morgan fingerprint density at radius 3 is 2.73 bits per heavy atom. The van der Waals surface area contributed by atoms with Crippen LogP contribution in [-0.4, -0.2) is 41.8 Å². The number of carbonyl (C=O) groups is 1. The average molecular weight is 449 g/mol. The molecule has 4 rings (SSSR count). The van der Waals surface area contributed by atoms with E-state index in [1.807, 2.05) is 0 Å². The van der Waals surface area contributed by atoms with Crippen LogP contribution in [-0.2, 0) is 4.74 Å². The van der Waals surface area contributed by atoms with Crippen LogP contribution in [0.1, 0.15) is 38.1 Å². The number of aliphatic hydroxyl groups is 1. The summed E-state index contributed by atoms with van der Waals surface area (Å²) in [6.07, 6.45) is 1.24. The van der Waals surface area contributed by atoms with Crippen LogP contribution in [0.4, 0.5) is 16.4 Å². The van der Waals surface area contributed by atoms with Crippen molar-refractivity contribution in [3.8, 4) is 17.3 Å². The Labute approximate surface area is 189 Å². The van der Waals surface area contributed by atoms with Gasteiger partial charge in [-0.2, -0.15) is 4.98 Å². The normalized spacial score (nSPS) is 12.4. The Morgan fingerprint density at radius 1 is 1.21 bits per heavy atom. The molecule has 0 radical (unpaired) electrons. The van der Waals surface area contributed by atoms with Crippen molar-refractivity contribution in [1.29, 1.82) is 0 Å². The predicted molar refractivity (Wildman–Crippen MR) is 119 cm³/mol. The second kappa shape index (κ2) is 8.71. The van der Waals surface area contributed by atoms with Gasteiger partial charge in [0.15, 0.2) is 11.6 Å². The van der Waals surface area contributed by atoms with Gasteiger partial charge in [0.25, 0.3) is 0 Å². The third-order valence-electron chi connectivity index (χ3n) is 4.42. The van der Waals surface area contributed by atoms with Gasteiger partial charge in [0.2, 0.25) is 5.95 Å². The van der Waals surface area contributed by atoms with Crippen molar-refractivity contribution in [2.45, 2.75) is 32.5 Å². The molecule has 0 fully saturated rings. The van der Waals surface area contributed by atoms with E-state index in [1.165, 1.54) is 17.1 Å². The second-order valence-electron chi connectivity index (χ2n) is 8.15. The van der Waals surface area contributed by atoms with Crippen molar-refractivity contribution in [2.24, 2.45) is 0 Å². The first-order valence-corrected chi connectivity index (χ1v) is 10.1. The summed E-state index contributed by atoms with van der Waals surface area (Å²) in [4.78, 5) is 20.6. The molecule has 1 aromatic carbocycles. The van der Waals surface area contributed by atoms with Crippen LogP contribution < -0.4 is 11.1 Å². The average Bonchev–Trinajstić information content (AvgIpc) is 3.44. The van der Waals surface area contributed by atoms with Crippen LogP contribution in [0, 0.1) is 0 Å². The fourth-order valence-corrected chi connectivity index (χ4v) is 3.06. The number of hydrogen-bond donors (Lipinski definition) is 3. The molecule has 0 saturated carbocycles. The molecule has 0 saturated heterocycles. The molecule has 1 amide bonds. The number of carbonyl (C=O) groups excluding carboxylic acids is 1. The fourth-order valence-electron chi connectivity index (χ4n) is 3.06. The molecule has 4 aromatic rings. The van der Waals surface area contributed by atoms with Crippen LogP contribution >= 0.6 is 0 Å². The molecule has 3 aromatic heterocycles. The minimum absolute atomic E-state index is 0.0309. The van der Waals surface area contributed by atoms with E-state index in [-0.39, 0.29) is 11.6 Å². The molecule has 170 valence electrons. The minimum atomic E-state index is -1.17. The molecule has 3 heterocycles. The molecule has 0 aliphatic heterocycles. The second-order valence-corrected chi connectivity index (χ2v) is 8.15. The molecular formula is C22H23N7O4. The largest absolute Gasteiger partial charge is 0.463 e. The maximum atomic E-state index is 12.2. The summed E-state index contributed by atoms with van der Waals surface area (Å²) in [5.41, 5.74) is 6.72. The third-order valence-corrected chi connectivity index (χ3v) is 4.42. The first-order chi connectivity index (χ1) is 15.7. The summed E-state index contributed by atoms with van der Waals surface area (Å²) in [7, 11) is 0. The Morgan fingerprint density at radius 2 is 2.00 bits per heavy atom. The van der Waals surface area contributed by atoms with Crippen LogP contribution in [0.3, 0.4) is 0 Å². The molecule has 0 bridgehead atoms. The van der Waals surface area contributed by atoms with Gasteiger partial charge >= 0.3 is 6.09 Å². The van der Waals surface area contributed by atoms with Gasteiger partial charge in [0, 0.05) is 11.6 Å². The van der Waals surface area contributed by atoms with Crippen molar-refractivity contribution in [1.82, 2.24) is 25.0 Å². The minimum Gasteiger partial charge on any atom is -0.463 e. The lowest BCUT2D eigenvalue weighted by Crippen LogP contribution is -2.27. The van der Waals surface area contributed by atoms with E-state index in [0.29, 0.717) is 28.5 Å². The molecule has 1 unspecified atom stereocenters. The summed E-state index contributed by atoms with van der Waals surface area (Å²) in [6, 6.07) is 11.9. The highest BCUT2D eigenvalue weighted by molar-refractivity contribution is 5.86. The Hall–Kier alpha value is -4.25. The number of nitrogens with two attached hydrogens (primary N) is 1. The summed E-state index contributed by atoms with van der Waals surface area (Å²) < 4.78 is 12.0. The number of hydrogen-bond acceptors (Lipinski definition) is 9. The van der Waals surface area contributed by atoms with E-state index in [4.69, 9.17) is 14.9 Å². The number of aromatic nitrogens is 5. The molecule has 0 aliphatic carbocycles. The SMILES string of the molecule is CC(C)(C)OC(=O)Nc1ccccc1C(O)c1cn(-c2cc(-c3ccco3)nc(N)n2)nn1. The fraction of sp³-hybridized carbons (Fsp3) is 0.227. The van der Waals surface area contributed by atoms with Gasteiger partial charge in [-0.1, -0.05) is 23.4 Å². The van der Waals surface area contributed by atoms with E-state index in [9.17, 15) is 9.90 Å². The monoisotopic (exact) mass is 449 g/mol. The number of furan rings is 1. The molecular weight excluding hydrogens is 426 g/mol. The van der Waals surface area contributed by atoms with E-state index >= 15 is 0 Å². The van der Waals surface area contributed by atoms with Crippen molar-refractivity contribution < 1.29 is 19.1 Å². The number of amides is 1. The smallest absolute Gasteiger partial charge is 0.412 e. The maximum Gasteiger partial charge on any atom is 0.412 e. The van der Waals surface area contributed by atoms with E-state index in [2.05, 4.69) is 25.6 Å². The van der Waals surface area contributed by atoms with E-state index in [0.717, 1.165) is 0 Å². The lowest BCUT2D eigenvalue weighted by molar-refractivity contribution is 0.0635. The van der Waals surface area contributed by atoms with Gasteiger partial charge in [0.05, 0.1) is 18.1 Å². The van der Waals surface area contributed by atoms with Crippen LogP contribution in [0.15, 0.2) is 59.3 Å². The zero-order valence-electron chi connectivity index (χ0n) is 18.3. The first kappa shape index (κ1) is 22.0. The molecule has 11 nitrogen and oxygen atoms in total. The number of anilines is 2. The highest BCUT2D eigenvalue weighted by Crippen LogP contribution is 2.28. The van der Waals surface area contributed by atoms with Gasteiger partial charge < -0.3 is 20.0 Å². The molecule has 11 heteroatoms. The standard InChI is InChI=1S/C22H23N7O4/c1-22(2,3)33-21(31)25-14-8-5-4-7-13(14)19(30)16-12-29(28-27-16)18-11-15(24-20(23)26-18)17-9-6-10-32-17/h4-12,19,30H,1-3H3,(H,25,31)(H2,23,24,26). The van der Waals surface area contributed by atoms with Gasteiger partial charge in [-0.15, -0.1) is 5.10 Å². The van der Waals surface area contributed by atoms with Crippen LogP contribution in [0.5, 0.6) is 0 Å². The first-order valence-electron chi connectivity index (χ1n) is 10.1. The number of ether oxygens (including phenoxy) is 1. The van der Waals surface area contributed by atoms with Gasteiger partial charge in [-0.05, 0) is 39.0 Å². The maximum absolute atomic E-state index is 12.2. The Bertz CT molecular complexity index is 1260. The van der Waals surface area contributed by atoms with Crippen LogP contribution in [0.25, 0.3) is 17.3 Å². The zero-order valence-corrected chi connectivity index (χ0v) is 18.3. The lowest BCUT2D eigenvalue weighted by atomic mass is 10.0. The lowest BCUT2D eigenvalue weighted by Gasteiger charge is -2.21. The number of nitrogens with one attached hydrogen (secondary N) is 1. The summed E-state index contributed by atoms with van der Waals surface area (Å²) in [6.45, 7) is 5.30. The number of benzene rings is 1. The molecule has 4 N–H and O–H groups in total. The van der Waals surface area contributed by atoms with Crippen molar-refractivity contribution >= 4 is 17.7 Å². The number of rotatable bonds is 5. The molecule has 0 aliphatic rings. The van der Waals surface area contributed by atoms with E-state index in [1.54, 1.807) is 63.2 Å². The summed E-state index contributed by atoms with van der Waals surface area (Å²) in [5, 5.41) is 21.7. The third kappa shape index (κ3) is 5.15. The quantitative estimate of drug-likeness (QED) is 0.416. The summed E-state index contributed by atoms with van der Waals surface area (Å²) >= 11 is 0. The predicted octanol–water partition coefficient (Wildman–Crippen LogP) is 3.33. The number of nitrogens with zero attached hydrogens (tertiary/aromatic N) is 5. The topological polar surface area (TPSA) is 154 Å². The van der Waals surface area contributed by atoms with Gasteiger partial charge in [-0.25, -0.2) is 14.5 Å². The van der Waals surface area contributed by atoms with E-state index < -0.39 is 17.8 Å².